The van der Waals surface area contributed by atoms with Crippen molar-refractivity contribution in [3.05, 3.63) is 52.7 Å². The van der Waals surface area contributed by atoms with Gasteiger partial charge < -0.3 is 24.4 Å². The predicted octanol–water partition coefficient (Wildman–Crippen LogP) is 5.87. The van der Waals surface area contributed by atoms with E-state index >= 15 is 0 Å². The summed E-state index contributed by atoms with van der Waals surface area (Å²) in [5, 5.41) is 12.4. The van der Waals surface area contributed by atoms with Crippen molar-refractivity contribution in [2.75, 3.05) is 51.8 Å². The van der Waals surface area contributed by atoms with Gasteiger partial charge in [-0.3, -0.25) is 9.88 Å². The molecule has 1 aromatic heterocycles. The maximum atomic E-state index is 14.7. The number of fused-ring (bicyclic) bond motifs is 1. The number of anilines is 2. The molecule has 1 N–H and O–H groups in total. The van der Waals surface area contributed by atoms with E-state index in [4.69, 9.17) is 25.8 Å². The molecule has 2 aliphatic rings. The number of hydrogen-bond acceptors (Lipinski definition) is 8. The zero-order valence-corrected chi connectivity index (χ0v) is 23.3. The Labute approximate surface area is 241 Å². The smallest absolute Gasteiger partial charge is 0.409 e. The summed E-state index contributed by atoms with van der Waals surface area (Å²) in [6, 6.07) is 7.63. The quantitative estimate of drug-likeness (QED) is 0.328. The van der Waals surface area contributed by atoms with Crippen LogP contribution in [0.2, 0.25) is 5.02 Å². The van der Waals surface area contributed by atoms with Crippen LogP contribution >= 0.6 is 11.6 Å². The van der Waals surface area contributed by atoms with Crippen molar-refractivity contribution in [1.82, 2.24) is 14.8 Å². The van der Waals surface area contributed by atoms with E-state index in [1.165, 1.54) is 32.2 Å². The first-order valence-corrected chi connectivity index (χ1v) is 13.9. The third-order valence-electron chi connectivity index (χ3n) is 7.39. The molecule has 2 fully saturated rings. The molecule has 2 saturated heterocycles. The van der Waals surface area contributed by atoms with Gasteiger partial charge in [0.15, 0.2) is 17.3 Å². The fraction of sp³-hybridized carbons (Fsp3) is 0.414. The number of methoxy groups -OCH3 is 1. The van der Waals surface area contributed by atoms with Gasteiger partial charge in [-0.15, -0.1) is 0 Å². The van der Waals surface area contributed by atoms with Gasteiger partial charge in [0.1, 0.15) is 29.6 Å². The Morgan fingerprint density at radius 2 is 1.93 bits per heavy atom. The monoisotopic (exact) mass is 585 g/mol. The highest BCUT2D eigenvalue weighted by Crippen LogP contribution is 2.39. The fourth-order valence-corrected chi connectivity index (χ4v) is 5.29. The number of nitrogens with zero attached hydrogens (tertiary/aromatic N) is 4. The van der Waals surface area contributed by atoms with Crippen LogP contribution in [0.1, 0.15) is 31.2 Å². The summed E-state index contributed by atoms with van der Waals surface area (Å²) in [5.74, 6) is -1.03. The molecule has 2 aliphatic heterocycles. The Kier molecular flexibility index (Phi) is 8.90. The number of nitrogens with one attached hydrogen (secondary N) is 1. The summed E-state index contributed by atoms with van der Waals surface area (Å²) in [5.41, 5.74) is 0.775. The summed E-state index contributed by atoms with van der Waals surface area (Å²) in [6.45, 7) is 4.23. The van der Waals surface area contributed by atoms with Gasteiger partial charge in [0.05, 0.1) is 29.6 Å². The van der Waals surface area contributed by atoms with E-state index in [2.05, 4.69) is 21.3 Å². The van der Waals surface area contributed by atoms with Crippen LogP contribution in [-0.4, -0.2) is 73.4 Å². The standard InChI is InChI=1S/C29H30ClF2N5O4/c1-39-24-15-23-20(28(18(16-33)17-34-23)35-22-5-4-21(31)26(30)27(22)32)14-25(24)41-19-6-10-37(11-7-19)29(38)40-13-12-36-8-2-3-9-36/h4-5,14-15,17,19H,2-3,6-13H2,1H3,(H,34,35). The molecule has 12 heteroatoms. The van der Waals surface area contributed by atoms with Gasteiger partial charge in [-0.2, -0.15) is 5.26 Å². The Hall–Kier alpha value is -3.88. The average Bonchev–Trinajstić information content (AvgIpc) is 3.51. The van der Waals surface area contributed by atoms with Crippen molar-refractivity contribution in [2.45, 2.75) is 31.8 Å². The largest absolute Gasteiger partial charge is 0.493 e. The maximum Gasteiger partial charge on any atom is 0.409 e. The normalized spacial score (nSPS) is 16.0. The molecule has 0 radical (unpaired) electrons. The van der Waals surface area contributed by atoms with Gasteiger partial charge in [-0.1, -0.05) is 11.6 Å². The van der Waals surface area contributed by atoms with E-state index in [1.54, 1.807) is 17.0 Å². The molecule has 0 saturated carbocycles. The lowest BCUT2D eigenvalue weighted by atomic mass is 10.1. The number of hydrogen-bond donors (Lipinski definition) is 1. The minimum Gasteiger partial charge on any atom is -0.493 e. The summed E-state index contributed by atoms with van der Waals surface area (Å²) in [4.78, 5) is 20.9. The van der Waals surface area contributed by atoms with Crippen molar-refractivity contribution in [3.63, 3.8) is 0 Å². The van der Waals surface area contributed by atoms with E-state index in [-0.39, 0.29) is 29.1 Å². The molecule has 0 bridgehead atoms. The second-order valence-electron chi connectivity index (χ2n) is 9.99. The molecule has 3 aromatic rings. The van der Waals surface area contributed by atoms with Crippen molar-refractivity contribution in [1.29, 1.82) is 5.26 Å². The van der Waals surface area contributed by atoms with Crippen molar-refractivity contribution in [3.8, 4) is 17.6 Å². The molecule has 1 amide bonds. The van der Waals surface area contributed by atoms with Crippen LogP contribution in [0.15, 0.2) is 30.5 Å². The minimum atomic E-state index is -0.980. The van der Waals surface area contributed by atoms with Crippen molar-refractivity contribution in [2.24, 2.45) is 0 Å². The number of likely N-dealkylation sites (tertiary alicyclic amines) is 2. The lowest BCUT2D eigenvalue weighted by Crippen LogP contribution is -2.42. The number of carbonyl (C=O) groups is 1. The Morgan fingerprint density at radius 1 is 1.17 bits per heavy atom. The zero-order valence-electron chi connectivity index (χ0n) is 22.6. The lowest BCUT2D eigenvalue weighted by molar-refractivity contribution is 0.0625. The van der Waals surface area contributed by atoms with Crippen LogP contribution in [0, 0.1) is 23.0 Å². The second-order valence-corrected chi connectivity index (χ2v) is 10.4. The zero-order chi connectivity index (χ0) is 28.9. The third-order valence-corrected chi connectivity index (χ3v) is 7.74. The Balaban J connectivity index is 1.30. The first-order chi connectivity index (χ1) is 19.9. The first-order valence-electron chi connectivity index (χ1n) is 13.5. The topological polar surface area (TPSA) is 99.9 Å². The number of aromatic nitrogens is 1. The van der Waals surface area contributed by atoms with E-state index in [0.717, 1.165) is 25.7 Å². The van der Waals surface area contributed by atoms with Crippen LogP contribution in [0.25, 0.3) is 10.9 Å². The molecule has 0 atom stereocenters. The average molecular weight is 586 g/mol. The summed E-state index contributed by atoms with van der Waals surface area (Å²) >= 11 is 5.76. The molecule has 5 rings (SSSR count). The summed E-state index contributed by atoms with van der Waals surface area (Å²) < 4.78 is 45.7. The highest BCUT2D eigenvalue weighted by molar-refractivity contribution is 6.31. The highest BCUT2D eigenvalue weighted by atomic mass is 35.5. The fourth-order valence-electron chi connectivity index (χ4n) is 5.12. The number of piperidine rings is 1. The van der Waals surface area contributed by atoms with E-state index in [9.17, 15) is 18.8 Å². The molecule has 41 heavy (non-hydrogen) atoms. The second kappa shape index (κ2) is 12.7. The molecular weight excluding hydrogens is 556 g/mol. The van der Waals surface area contributed by atoms with Crippen LogP contribution in [0.5, 0.6) is 11.5 Å². The van der Waals surface area contributed by atoms with Gasteiger partial charge in [-0.25, -0.2) is 13.6 Å². The number of halogens is 3. The molecule has 9 nitrogen and oxygen atoms in total. The third kappa shape index (κ3) is 6.39. The number of amides is 1. The number of nitriles is 1. The first kappa shape index (κ1) is 28.6. The molecule has 0 aliphatic carbocycles. The minimum absolute atomic E-state index is 0.0987. The molecular formula is C29H30ClF2N5O4. The van der Waals surface area contributed by atoms with Gasteiger partial charge in [0.2, 0.25) is 0 Å². The number of pyridine rings is 1. The van der Waals surface area contributed by atoms with Gasteiger partial charge in [0.25, 0.3) is 0 Å². The SMILES string of the molecule is COc1cc2ncc(C#N)c(Nc3ccc(F)c(Cl)c3F)c2cc1OC1CCN(C(=O)OCCN2CCCC2)CC1. The molecule has 0 spiro atoms. The number of ether oxygens (including phenoxy) is 3. The van der Waals surface area contributed by atoms with Crippen LogP contribution in [0.4, 0.5) is 25.0 Å². The van der Waals surface area contributed by atoms with Gasteiger partial charge in [-0.05, 0) is 44.1 Å². The summed E-state index contributed by atoms with van der Waals surface area (Å²) in [6.07, 6.45) is 4.40. The molecule has 0 unspecified atom stereocenters. The Morgan fingerprint density at radius 3 is 2.63 bits per heavy atom. The van der Waals surface area contributed by atoms with Crippen molar-refractivity contribution < 1.29 is 27.8 Å². The number of benzene rings is 2. The van der Waals surface area contributed by atoms with Gasteiger partial charge >= 0.3 is 6.09 Å². The maximum absolute atomic E-state index is 14.7. The molecule has 3 heterocycles. The van der Waals surface area contributed by atoms with Crippen LogP contribution < -0.4 is 14.8 Å². The highest BCUT2D eigenvalue weighted by Gasteiger charge is 2.26. The van der Waals surface area contributed by atoms with Crippen LogP contribution in [-0.2, 0) is 4.74 Å². The summed E-state index contributed by atoms with van der Waals surface area (Å²) in [7, 11) is 1.51. The molecule has 2 aromatic carbocycles. The number of carbonyl (C=O) groups excluding carboxylic acids is 1. The Bertz CT molecular complexity index is 1470. The number of rotatable bonds is 8. The van der Waals surface area contributed by atoms with E-state index < -0.39 is 16.7 Å². The van der Waals surface area contributed by atoms with Crippen LogP contribution in [0.3, 0.4) is 0 Å². The lowest BCUT2D eigenvalue weighted by Gasteiger charge is -2.32. The predicted molar refractivity (Wildman–Crippen MR) is 150 cm³/mol. The van der Waals surface area contributed by atoms with E-state index in [1.807, 2.05) is 0 Å². The van der Waals surface area contributed by atoms with E-state index in [0.29, 0.717) is 54.9 Å². The van der Waals surface area contributed by atoms with Gasteiger partial charge in [0, 0.05) is 50.1 Å². The molecule has 216 valence electrons. The van der Waals surface area contributed by atoms with Crippen molar-refractivity contribution >= 4 is 40.0 Å².